The lowest BCUT2D eigenvalue weighted by atomic mass is 9.95. The van der Waals surface area contributed by atoms with E-state index in [1.165, 1.54) is 23.8 Å². The molecule has 0 bridgehead atoms. The van der Waals surface area contributed by atoms with Crippen LogP contribution in [0.3, 0.4) is 0 Å². The fourth-order valence-corrected chi connectivity index (χ4v) is 2.64. The molecule has 0 spiro atoms. The highest BCUT2D eigenvalue weighted by molar-refractivity contribution is 5.91. The molecule has 2 heteroatoms. The van der Waals surface area contributed by atoms with E-state index >= 15 is 0 Å². The molecule has 94 valence electrons. The summed E-state index contributed by atoms with van der Waals surface area (Å²) < 4.78 is 5.41. The summed E-state index contributed by atoms with van der Waals surface area (Å²) in [5.74, 6) is 1.77. The quantitative estimate of drug-likeness (QED) is 0.886. The normalized spacial score (nSPS) is 16.8. The molecule has 0 heterocycles. The van der Waals surface area contributed by atoms with E-state index in [-0.39, 0.29) is 6.04 Å². The SMILES string of the molecule is COc1ccc([C@@H](N)CC2CC2)c2ccccc12. The Hall–Kier alpha value is -1.54. The van der Waals surface area contributed by atoms with Crippen LogP contribution in [0, 0.1) is 5.92 Å². The summed E-state index contributed by atoms with van der Waals surface area (Å²) in [5.41, 5.74) is 7.60. The van der Waals surface area contributed by atoms with Gasteiger partial charge in [0, 0.05) is 11.4 Å². The lowest BCUT2D eigenvalue weighted by Gasteiger charge is -2.16. The highest BCUT2D eigenvalue weighted by Gasteiger charge is 2.25. The van der Waals surface area contributed by atoms with E-state index in [2.05, 4.69) is 24.3 Å². The van der Waals surface area contributed by atoms with Gasteiger partial charge in [0.2, 0.25) is 0 Å². The van der Waals surface area contributed by atoms with Crippen molar-refractivity contribution in [2.24, 2.45) is 11.7 Å². The van der Waals surface area contributed by atoms with E-state index in [0.717, 1.165) is 23.5 Å². The van der Waals surface area contributed by atoms with Gasteiger partial charge in [0.15, 0.2) is 0 Å². The first kappa shape index (κ1) is 11.5. The smallest absolute Gasteiger partial charge is 0.126 e. The Kier molecular flexibility index (Phi) is 2.96. The summed E-state index contributed by atoms with van der Waals surface area (Å²) in [4.78, 5) is 0. The molecule has 1 fully saturated rings. The molecule has 0 saturated heterocycles. The minimum atomic E-state index is 0.147. The topological polar surface area (TPSA) is 35.2 Å². The van der Waals surface area contributed by atoms with Crippen molar-refractivity contribution in [3.8, 4) is 5.75 Å². The van der Waals surface area contributed by atoms with Crippen molar-refractivity contribution in [1.29, 1.82) is 0 Å². The lowest BCUT2D eigenvalue weighted by molar-refractivity contribution is 0.419. The standard InChI is InChI=1S/C16H19NO/c1-18-16-9-8-13(15(17)10-11-6-7-11)12-4-2-3-5-14(12)16/h2-5,8-9,11,15H,6-7,10,17H2,1H3/t15-/m0/s1. The number of ether oxygens (including phenoxy) is 1. The van der Waals surface area contributed by atoms with E-state index < -0.39 is 0 Å². The first-order chi connectivity index (χ1) is 8.79. The number of hydrogen-bond donors (Lipinski definition) is 1. The van der Waals surface area contributed by atoms with Gasteiger partial charge in [-0.2, -0.15) is 0 Å². The third kappa shape index (κ3) is 2.08. The largest absolute Gasteiger partial charge is 0.496 e. The van der Waals surface area contributed by atoms with E-state index in [1.54, 1.807) is 7.11 Å². The van der Waals surface area contributed by atoms with Crippen molar-refractivity contribution in [1.82, 2.24) is 0 Å². The highest BCUT2D eigenvalue weighted by atomic mass is 16.5. The zero-order valence-electron chi connectivity index (χ0n) is 10.7. The lowest BCUT2D eigenvalue weighted by Crippen LogP contribution is -2.11. The summed E-state index contributed by atoms with van der Waals surface area (Å²) in [7, 11) is 1.71. The Morgan fingerprint density at radius 1 is 1.17 bits per heavy atom. The predicted molar refractivity (Wildman–Crippen MR) is 74.8 cm³/mol. The maximum atomic E-state index is 6.35. The highest BCUT2D eigenvalue weighted by Crippen LogP contribution is 2.39. The molecule has 2 aromatic carbocycles. The molecule has 3 rings (SSSR count). The van der Waals surface area contributed by atoms with Crippen LogP contribution in [-0.2, 0) is 0 Å². The number of methoxy groups -OCH3 is 1. The van der Waals surface area contributed by atoms with Crippen LogP contribution < -0.4 is 10.5 Å². The van der Waals surface area contributed by atoms with Crippen LogP contribution in [-0.4, -0.2) is 7.11 Å². The van der Waals surface area contributed by atoms with E-state index in [9.17, 15) is 0 Å². The fourth-order valence-electron chi connectivity index (χ4n) is 2.64. The van der Waals surface area contributed by atoms with Crippen molar-refractivity contribution in [3.05, 3.63) is 42.0 Å². The Morgan fingerprint density at radius 3 is 2.56 bits per heavy atom. The molecule has 1 atom stereocenters. The van der Waals surface area contributed by atoms with Gasteiger partial charge in [-0.05, 0) is 29.4 Å². The summed E-state index contributed by atoms with van der Waals surface area (Å²) in [5, 5.41) is 2.38. The summed E-state index contributed by atoms with van der Waals surface area (Å²) in [6, 6.07) is 12.6. The van der Waals surface area contributed by atoms with Crippen molar-refractivity contribution in [3.63, 3.8) is 0 Å². The van der Waals surface area contributed by atoms with Crippen molar-refractivity contribution >= 4 is 10.8 Å². The van der Waals surface area contributed by atoms with Crippen LogP contribution >= 0.6 is 0 Å². The minimum absolute atomic E-state index is 0.147. The molecular formula is C16H19NO. The van der Waals surface area contributed by atoms with Crippen LogP contribution in [0.4, 0.5) is 0 Å². The van der Waals surface area contributed by atoms with Gasteiger partial charge in [0.1, 0.15) is 5.75 Å². The maximum Gasteiger partial charge on any atom is 0.126 e. The minimum Gasteiger partial charge on any atom is -0.496 e. The fraction of sp³-hybridized carbons (Fsp3) is 0.375. The average Bonchev–Trinajstić information content (AvgIpc) is 3.21. The maximum absolute atomic E-state index is 6.35. The zero-order chi connectivity index (χ0) is 12.5. The van der Waals surface area contributed by atoms with E-state index in [1.807, 2.05) is 12.1 Å². The van der Waals surface area contributed by atoms with Gasteiger partial charge in [-0.3, -0.25) is 0 Å². The molecule has 0 aromatic heterocycles. The molecule has 1 saturated carbocycles. The number of fused-ring (bicyclic) bond motifs is 1. The molecule has 0 amide bonds. The number of benzene rings is 2. The van der Waals surface area contributed by atoms with Crippen molar-refractivity contribution in [2.75, 3.05) is 7.11 Å². The molecule has 0 radical (unpaired) electrons. The molecular weight excluding hydrogens is 222 g/mol. The second-order valence-corrected chi connectivity index (χ2v) is 5.19. The van der Waals surface area contributed by atoms with E-state index in [0.29, 0.717) is 0 Å². The zero-order valence-corrected chi connectivity index (χ0v) is 10.7. The molecule has 18 heavy (non-hydrogen) atoms. The Morgan fingerprint density at radius 2 is 1.89 bits per heavy atom. The second-order valence-electron chi connectivity index (χ2n) is 5.19. The van der Waals surface area contributed by atoms with Gasteiger partial charge >= 0.3 is 0 Å². The van der Waals surface area contributed by atoms with Gasteiger partial charge in [0.25, 0.3) is 0 Å². The molecule has 0 aliphatic heterocycles. The third-order valence-corrected chi connectivity index (χ3v) is 3.82. The Balaban J connectivity index is 2.05. The summed E-state index contributed by atoms with van der Waals surface area (Å²) in [6.45, 7) is 0. The Labute approximate surface area is 108 Å². The summed E-state index contributed by atoms with van der Waals surface area (Å²) in [6.07, 6.45) is 3.81. The van der Waals surface area contributed by atoms with Crippen molar-refractivity contribution in [2.45, 2.75) is 25.3 Å². The third-order valence-electron chi connectivity index (χ3n) is 3.82. The molecule has 1 aliphatic rings. The average molecular weight is 241 g/mol. The van der Waals surface area contributed by atoms with Gasteiger partial charge in [0.05, 0.1) is 7.11 Å². The molecule has 0 unspecified atom stereocenters. The van der Waals surface area contributed by atoms with E-state index in [4.69, 9.17) is 10.5 Å². The van der Waals surface area contributed by atoms with Crippen LogP contribution in [0.1, 0.15) is 30.9 Å². The first-order valence-corrected chi connectivity index (χ1v) is 6.61. The molecule has 2 N–H and O–H groups in total. The van der Waals surface area contributed by atoms with Gasteiger partial charge in [-0.15, -0.1) is 0 Å². The first-order valence-electron chi connectivity index (χ1n) is 6.61. The van der Waals surface area contributed by atoms with Crippen LogP contribution in [0.2, 0.25) is 0 Å². The molecule has 2 nitrogen and oxygen atoms in total. The number of rotatable bonds is 4. The number of nitrogens with two attached hydrogens (primary N) is 1. The van der Waals surface area contributed by atoms with Gasteiger partial charge in [-0.25, -0.2) is 0 Å². The van der Waals surface area contributed by atoms with Crippen LogP contribution in [0.5, 0.6) is 5.75 Å². The molecule has 2 aromatic rings. The van der Waals surface area contributed by atoms with Crippen LogP contribution in [0.25, 0.3) is 10.8 Å². The van der Waals surface area contributed by atoms with Gasteiger partial charge in [-0.1, -0.05) is 43.2 Å². The molecule has 1 aliphatic carbocycles. The van der Waals surface area contributed by atoms with Crippen molar-refractivity contribution < 1.29 is 4.74 Å². The number of hydrogen-bond acceptors (Lipinski definition) is 2. The predicted octanol–water partition coefficient (Wildman–Crippen LogP) is 3.65. The Bertz CT molecular complexity index is 560. The van der Waals surface area contributed by atoms with Gasteiger partial charge < -0.3 is 10.5 Å². The second kappa shape index (κ2) is 4.62. The summed E-state index contributed by atoms with van der Waals surface area (Å²) >= 11 is 0. The van der Waals surface area contributed by atoms with Crippen LogP contribution in [0.15, 0.2) is 36.4 Å². The monoisotopic (exact) mass is 241 g/mol.